The third-order valence-electron chi connectivity index (χ3n) is 4.06. The molecule has 0 saturated heterocycles. The fraction of sp³-hybridized carbons (Fsp3) is 0.200. The zero-order chi connectivity index (χ0) is 19.9. The van der Waals surface area contributed by atoms with Crippen molar-refractivity contribution < 1.29 is 18.7 Å². The summed E-state index contributed by atoms with van der Waals surface area (Å²) in [5.41, 5.74) is 2.04. The molecule has 3 aromatic rings. The molecule has 1 heterocycles. The van der Waals surface area contributed by atoms with Gasteiger partial charge in [0.15, 0.2) is 6.61 Å². The van der Waals surface area contributed by atoms with Gasteiger partial charge in [0, 0.05) is 24.1 Å². The minimum absolute atomic E-state index is 0.273. The van der Waals surface area contributed by atoms with Crippen molar-refractivity contribution in [2.24, 2.45) is 0 Å². The Morgan fingerprint density at radius 2 is 1.82 bits per heavy atom. The maximum absolute atomic E-state index is 12.2. The summed E-state index contributed by atoms with van der Waals surface area (Å²) in [7, 11) is 1.68. The van der Waals surface area contributed by atoms with Crippen LogP contribution < -0.4 is 0 Å². The normalized spacial score (nSPS) is 10.5. The lowest BCUT2D eigenvalue weighted by molar-refractivity contribution is -0.133. The summed E-state index contributed by atoms with van der Waals surface area (Å²) in [6, 6.07) is 14.5. The lowest BCUT2D eigenvalue weighted by Gasteiger charge is -2.17. The summed E-state index contributed by atoms with van der Waals surface area (Å²) < 4.78 is 10.2. The fourth-order valence-corrected chi connectivity index (χ4v) is 2.87. The van der Waals surface area contributed by atoms with Gasteiger partial charge in [-0.05, 0) is 48.2 Å². The van der Waals surface area contributed by atoms with Crippen molar-refractivity contribution in [3.63, 3.8) is 0 Å². The van der Waals surface area contributed by atoms with Gasteiger partial charge in [-0.2, -0.15) is 0 Å². The van der Waals surface area contributed by atoms with Crippen molar-refractivity contribution in [1.82, 2.24) is 15.1 Å². The van der Waals surface area contributed by atoms with Gasteiger partial charge in [0.05, 0.1) is 5.56 Å². The topological polar surface area (TPSA) is 85.5 Å². The van der Waals surface area contributed by atoms with Gasteiger partial charge in [0.25, 0.3) is 5.91 Å². The Balaban J connectivity index is 1.50. The maximum atomic E-state index is 12.2. The van der Waals surface area contributed by atoms with E-state index < -0.39 is 5.97 Å². The molecule has 28 heavy (non-hydrogen) atoms. The number of hydrogen-bond acceptors (Lipinski definition) is 7. The Kier molecular flexibility index (Phi) is 6.44. The van der Waals surface area contributed by atoms with Gasteiger partial charge in [0.1, 0.15) is 0 Å². The number of benzene rings is 2. The average molecular weight is 397 g/mol. The quantitative estimate of drug-likeness (QED) is 0.447. The highest BCUT2D eigenvalue weighted by atomic mass is 32.2. The summed E-state index contributed by atoms with van der Waals surface area (Å²) in [5, 5.41) is 7.41. The molecule has 0 unspecified atom stereocenters. The SMILES string of the molecule is CSc1ccc(CN(C)C(=O)COC(=O)c2ccc(-c3nnco3)cc2)cc1. The van der Waals surface area contributed by atoms with Crippen molar-refractivity contribution >= 4 is 23.6 Å². The molecule has 8 heteroatoms. The van der Waals surface area contributed by atoms with Crippen molar-refractivity contribution in [2.45, 2.75) is 11.4 Å². The summed E-state index contributed by atoms with van der Waals surface area (Å²) >= 11 is 1.66. The van der Waals surface area contributed by atoms with E-state index in [1.54, 1.807) is 43.1 Å². The summed E-state index contributed by atoms with van der Waals surface area (Å²) in [6.07, 6.45) is 3.24. The van der Waals surface area contributed by atoms with Crippen molar-refractivity contribution in [3.8, 4) is 11.5 Å². The number of carbonyl (C=O) groups is 2. The number of rotatable bonds is 7. The Hall–Kier alpha value is -3.13. The second-order valence-electron chi connectivity index (χ2n) is 6.00. The van der Waals surface area contributed by atoms with Crippen molar-refractivity contribution in [2.75, 3.05) is 19.9 Å². The van der Waals surface area contributed by atoms with Gasteiger partial charge in [-0.15, -0.1) is 22.0 Å². The molecule has 0 aliphatic carbocycles. The molecule has 2 aromatic carbocycles. The molecule has 0 bridgehead atoms. The van der Waals surface area contributed by atoms with Gasteiger partial charge >= 0.3 is 5.97 Å². The van der Waals surface area contributed by atoms with Crippen molar-refractivity contribution in [1.29, 1.82) is 0 Å². The van der Waals surface area contributed by atoms with E-state index in [2.05, 4.69) is 10.2 Å². The number of ether oxygens (including phenoxy) is 1. The lowest BCUT2D eigenvalue weighted by atomic mass is 10.1. The third kappa shape index (κ3) is 4.98. The highest BCUT2D eigenvalue weighted by molar-refractivity contribution is 7.98. The second-order valence-corrected chi connectivity index (χ2v) is 6.87. The molecule has 7 nitrogen and oxygen atoms in total. The van der Waals surface area contributed by atoms with Crippen LogP contribution in [0.1, 0.15) is 15.9 Å². The van der Waals surface area contributed by atoms with E-state index in [9.17, 15) is 9.59 Å². The molecule has 0 saturated carbocycles. The molecule has 0 aliphatic heterocycles. The molecule has 0 atom stereocenters. The van der Waals surface area contributed by atoms with E-state index in [4.69, 9.17) is 9.15 Å². The smallest absolute Gasteiger partial charge is 0.338 e. The second kappa shape index (κ2) is 9.18. The minimum atomic E-state index is -0.567. The predicted octanol–water partition coefficient (Wildman–Crippen LogP) is 3.27. The Morgan fingerprint density at radius 3 is 2.43 bits per heavy atom. The first-order chi connectivity index (χ1) is 13.6. The van der Waals surface area contributed by atoms with Crippen LogP contribution in [-0.4, -0.2) is 46.9 Å². The number of hydrogen-bond donors (Lipinski definition) is 0. The van der Waals surface area contributed by atoms with Crippen LogP contribution in [0.25, 0.3) is 11.5 Å². The van der Waals surface area contributed by atoms with Crippen LogP contribution in [0.5, 0.6) is 0 Å². The monoisotopic (exact) mass is 397 g/mol. The number of amides is 1. The molecule has 0 aliphatic rings. The van der Waals surface area contributed by atoms with Crippen LogP contribution >= 0.6 is 11.8 Å². The van der Waals surface area contributed by atoms with Gasteiger partial charge in [0.2, 0.25) is 12.3 Å². The van der Waals surface area contributed by atoms with E-state index in [1.165, 1.54) is 11.3 Å². The largest absolute Gasteiger partial charge is 0.452 e. The first-order valence-electron chi connectivity index (χ1n) is 8.47. The van der Waals surface area contributed by atoms with Gasteiger partial charge in [-0.3, -0.25) is 4.79 Å². The molecule has 0 N–H and O–H groups in total. The molecular weight excluding hydrogens is 378 g/mol. The number of nitrogens with zero attached hydrogens (tertiary/aromatic N) is 3. The predicted molar refractivity (Wildman–Crippen MR) is 105 cm³/mol. The summed E-state index contributed by atoms with van der Waals surface area (Å²) in [6.45, 7) is 0.133. The van der Waals surface area contributed by atoms with Crippen LogP contribution in [0.3, 0.4) is 0 Å². The van der Waals surface area contributed by atoms with Crippen LogP contribution in [-0.2, 0) is 16.1 Å². The van der Waals surface area contributed by atoms with Crippen LogP contribution in [0.2, 0.25) is 0 Å². The number of thioether (sulfide) groups is 1. The Bertz CT molecular complexity index is 925. The molecular formula is C20H19N3O4S. The highest BCUT2D eigenvalue weighted by Crippen LogP contribution is 2.17. The highest BCUT2D eigenvalue weighted by Gasteiger charge is 2.14. The standard InChI is InChI=1S/C20H19N3O4S/c1-23(11-14-3-9-17(28-2)10-4-14)18(24)12-26-20(25)16-7-5-15(6-8-16)19-22-21-13-27-19/h3-10,13H,11-12H2,1-2H3. The Morgan fingerprint density at radius 1 is 1.11 bits per heavy atom. The molecule has 0 fully saturated rings. The van der Waals surface area contributed by atoms with Crippen molar-refractivity contribution in [3.05, 3.63) is 66.1 Å². The summed E-state index contributed by atoms with van der Waals surface area (Å²) in [4.78, 5) is 27.1. The maximum Gasteiger partial charge on any atom is 0.338 e. The van der Waals surface area contributed by atoms with E-state index >= 15 is 0 Å². The number of aromatic nitrogens is 2. The van der Waals surface area contributed by atoms with E-state index in [0.717, 1.165) is 10.5 Å². The molecule has 0 spiro atoms. The molecule has 0 radical (unpaired) electrons. The summed E-state index contributed by atoms with van der Waals surface area (Å²) in [5.74, 6) is -0.477. The first-order valence-corrected chi connectivity index (χ1v) is 9.70. The third-order valence-corrected chi connectivity index (χ3v) is 4.80. The molecule has 144 valence electrons. The van der Waals surface area contributed by atoms with E-state index in [1.807, 2.05) is 30.5 Å². The molecule has 1 aromatic heterocycles. The molecule has 1 amide bonds. The average Bonchev–Trinajstić information content (AvgIpc) is 3.27. The zero-order valence-corrected chi connectivity index (χ0v) is 16.3. The van der Waals surface area contributed by atoms with E-state index in [0.29, 0.717) is 23.6 Å². The fourth-order valence-electron chi connectivity index (χ4n) is 2.46. The lowest BCUT2D eigenvalue weighted by Crippen LogP contribution is -2.30. The van der Waals surface area contributed by atoms with Gasteiger partial charge < -0.3 is 14.1 Å². The van der Waals surface area contributed by atoms with Gasteiger partial charge in [-0.1, -0.05) is 12.1 Å². The first kappa shape index (κ1) is 19.6. The Labute approximate surface area is 166 Å². The zero-order valence-electron chi connectivity index (χ0n) is 15.5. The molecule has 3 rings (SSSR count). The van der Waals surface area contributed by atoms with Crippen LogP contribution in [0.15, 0.2) is 64.2 Å². The minimum Gasteiger partial charge on any atom is -0.452 e. The number of likely N-dealkylation sites (N-methyl/N-ethyl adjacent to an activating group) is 1. The van der Waals surface area contributed by atoms with Gasteiger partial charge in [-0.25, -0.2) is 4.79 Å². The number of carbonyl (C=O) groups excluding carboxylic acids is 2. The van der Waals surface area contributed by atoms with E-state index in [-0.39, 0.29) is 12.5 Å². The van der Waals surface area contributed by atoms with Crippen LogP contribution in [0.4, 0.5) is 0 Å². The number of esters is 1. The van der Waals surface area contributed by atoms with Crippen LogP contribution in [0, 0.1) is 0 Å².